The second kappa shape index (κ2) is 7.32. The van der Waals surface area contributed by atoms with Gasteiger partial charge in [-0.05, 0) is 51.8 Å². The van der Waals surface area contributed by atoms with Crippen LogP contribution in [0.2, 0.25) is 5.02 Å². The number of carbonyl (C=O) groups is 1. The van der Waals surface area contributed by atoms with E-state index in [9.17, 15) is 18.0 Å². The third kappa shape index (κ3) is 5.70. The van der Waals surface area contributed by atoms with E-state index in [1.54, 1.807) is 0 Å². The molecule has 0 bridgehead atoms. The topological polar surface area (TPSA) is 41.6 Å². The Kier molecular flexibility index (Phi) is 5.76. The van der Waals surface area contributed by atoms with Gasteiger partial charge < -0.3 is 15.0 Å². The number of alkyl carbamates (subject to hydrolysis) is 1. The lowest BCUT2D eigenvalue weighted by atomic mass is 10.1. The normalized spacial score (nSPS) is 18.8. The largest absolute Gasteiger partial charge is 0.444 e. The number of ether oxygens (including phenoxy) is 1. The summed E-state index contributed by atoms with van der Waals surface area (Å²) in [6.45, 7) is 6.59. The Morgan fingerprint density at radius 1 is 1.32 bits per heavy atom. The molecule has 0 aliphatic carbocycles. The van der Waals surface area contributed by atoms with Crippen LogP contribution in [0.5, 0.6) is 0 Å². The van der Waals surface area contributed by atoms with Crippen molar-refractivity contribution >= 4 is 23.4 Å². The van der Waals surface area contributed by atoms with E-state index in [4.69, 9.17) is 16.3 Å². The van der Waals surface area contributed by atoms with Crippen molar-refractivity contribution in [3.05, 3.63) is 28.8 Å². The third-order valence-corrected chi connectivity index (χ3v) is 4.05. The highest BCUT2D eigenvalue weighted by atomic mass is 35.5. The van der Waals surface area contributed by atoms with Gasteiger partial charge in [0.25, 0.3) is 0 Å². The summed E-state index contributed by atoms with van der Waals surface area (Å²) in [6, 6.07) is 3.30. The van der Waals surface area contributed by atoms with E-state index in [2.05, 4.69) is 5.32 Å². The van der Waals surface area contributed by atoms with Crippen LogP contribution in [0.1, 0.15) is 39.2 Å². The number of hydrogen-bond donors (Lipinski definition) is 1. The minimum absolute atomic E-state index is 0.0367. The molecule has 0 radical (unpaired) electrons. The summed E-state index contributed by atoms with van der Waals surface area (Å²) >= 11 is 6.05. The van der Waals surface area contributed by atoms with Crippen LogP contribution in [0, 0.1) is 0 Å². The second-order valence-corrected chi connectivity index (χ2v) is 7.56. The van der Waals surface area contributed by atoms with E-state index in [1.165, 1.54) is 6.07 Å². The van der Waals surface area contributed by atoms with Gasteiger partial charge in [-0.1, -0.05) is 11.6 Å². The molecule has 1 heterocycles. The van der Waals surface area contributed by atoms with Crippen molar-refractivity contribution in [3.8, 4) is 0 Å². The average molecular weight is 379 g/mol. The molecule has 8 heteroatoms. The zero-order valence-electron chi connectivity index (χ0n) is 14.4. The van der Waals surface area contributed by atoms with Gasteiger partial charge in [-0.25, -0.2) is 4.79 Å². The zero-order valence-corrected chi connectivity index (χ0v) is 15.2. The maximum Gasteiger partial charge on any atom is 0.416 e. The van der Waals surface area contributed by atoms with Crippen molar-refractivity contribution in [2.24, 2.45) is 0 Å². The number of benzene rings is 1. The molecule has 1 amide bonds. The van der Waals surface area contributed by atoms with E-state index in [1.807, 2.05) is 25.7 Å². The predicted octanol–water partition coefficient (Wildman–Crippen LogP) is 4.85. The van der Waals surface area contributed by atoms with E-state index in [-0.39, 0.29) is 11.1 Å². The van der Waals surface area contributed by atoms with Crippen LogP contribution in [-0.2, 0) is 10.9 Å². The molecule has 2 rings (SSSR count). The highest BCUT2D eigenvalue weighted by Gasteiger charge is 2.32. The fraction of sp³-hybridized carbons (Fsp3) is 0.588. The third-order valence-electron chi connectivity index (χ3n) is 3.74. The molecule has 1 atom stereocenters. The quantitative estimate of drug-likeness (QED) is 0.799. The van der Waals surface area contributed by atoms with Crippen molar-refractivity contribution < 1.29 is 22.7 Å². The van der Waals surface area contributed by atoms with Crippen molar-refractivity contribution in [1.29, 1.82) is 0 Å². The number of anilines is 1. The second-order valence-electron chi connectivity index (χ2n) is 7.15. The SMILES string of the molecule is CC(C)(C)NC(=O)O[C@@H]1CCCN(c2ccc(C(F)(F)F)cc2Cl)C1. The monoisotopic (exact) mass is 378 g/mol. The van der Waals surface area contributed by atoms with Gasteiger partial charge in [0, 0.05) is 12.1 Å². The number of piperidine rings is 1. The Labute approximate surface area is 150 Å². The van der Waals surface area contributed by atoms with Crippen molar-refractivity contribution in [2.75, 3.05) is 18.0 Å². The Hall–Kier alpha value is -1.63. The van der Waals surface area contributed by atoms with Crippen molar-refractivity contribution in [2.45, 2.75) is 51.4 Å². The first-order chi connectivity index (χ1) is 11.5. The van der Waals surface area contributed by atoms with Crippen LogP contribution < -0.4 is 10.2 Å². The lowest BCUT2D eigenvalue weighted by molar-refractivity contribution is -0.137. The Morgan fingerprint density at radius 2 is 2.00 bits per heavy atom. The van der Waals surface area contributed by atoms with Gasteiger partial charge in [0.05, 0.1) is 22.8 Å². The number of amides is 1. The number of hydrogen-bond acceptors (Lipinski definition) is 3. The molecule has 0 saturated carbocycles. The summed E-state index contributed by atoms with van der Waals surface area (Å²) in [6.07, 6.45) is -3.81. The molecule has 0 aromatic heterocycles. The van der Waals surface area contributed by atoms with E-state index in [0.717, 1.165) is 18.6 Å². The average Bonchev–Trinajstić information content (AvgIpc) is 2.44. The number of carbonyl (C=O) groups excluding carboxylic acids is 1. The van der Waals surface area contributed by atoms with Crippen molar-refractivity contribution in [1.82, 2.24) is 5.32 Å². The number of halogens is 4. The Morgan fingerprint density at radius 3 is 2.56 bits per heavy atom. The zero-order chi connectivity index (χ0) is 18.8. The van der Waals surface area contributed by atoms with Crippen LogP contribution in [0.25, 0.3) is 0 Å². The molecule has 1 aliphatic rings. The first kappa shape index (κ1) is 19.7. The molecule has 0 unspecified atom stereocenters. The van der Waals surface area contributed by atoms with E-state index in [0.29, 0.717) is 25.2 Å². The standard InChI is InChI=1S/C17H22ClF3N2O2/c1-16(2,3)22-15(24)25-12-5-4-8-23(10-12)14-7-6-11(9-13(14)18)17(19,20)21/h6-7,9,12H,4-5,8,10H2,1-3H3,(H,22,24)/t12-/m1/s1. The van der Waals surface area contributed by atoms with Gasteiger partial charge in [-0.2, -0.15) is 13.2 Å². The highest BCUT2D eigenvalue weighted by Crippen LogP contribution is 2.36. The van der Waals surface area contributed by atoms with Crippen LogP contribution in [0.4, 0.5) is 23.7 Å². The molecule has 1 saturated heterocycles. The van der Waals surface area contributed by atoms with Gasteiger partial charge in [-0.15, -0.1) is 0 Å². The molecule has 140 valence electrons. The lowest BCUT2D eigenvalue weighted by Crippen LogP contribution is -2.46. The van der Waals surface area contributed by atoms with Gasteiger partial charge in [0.15, 0.2) is 0 Å². The number of rotatable bonds is 2. The van der Waals surface area contributed by atoms with Gasteiger partial charge >= 0.3 is 12.3 Å². The predicted molar refractivity (Wildman–Crippen MR) is 91.1 cm³/mol. The van der Waals surface area contributed by atoms with Gasteiger partial charge in [-0.3, -0.25) is 0 Å². The number of nitrogens with zero attached hydrogens (tertiary/aromatic N) is 1. The minimum Gasteiger partial charge on any atom is -0.444 e. The maximum atomic E-state index is 12.7. The van der Waals surface area contributed by atoms with E-state index < -0.39 is 23.4 Å². The first-order valence-electron chi connectivity index (χ1n) is 8.06. The molecule has 1 fully saturated rings. The maximum absolute atomic E-state index is 12.7. The lowest BCUT2D eigenvalue weighted by Gasteiger charge is -2.35. The van der Waals surface area contributed by atoms with Gasteiger partial charge in [0.2, 0.25) is 0 Å². The molecule has 0 spiro atoms. The smallest absolute Gasteiger partial charge is 0.416 e. The molecule has 1 N–H and O–H groups in total. The molecular formula is C17H22ClF3N2O2. The fourth-order valence-corrected chi connectivity index (χ4v) is 2.98. The number of alkyl halides is 3. The summed E-state index contributed by atoms with van der Waals surface area (Å²) in [7, 11) is 0. The molecule has 25 heavy (non-hydrogen) atoms. The summed E-state index contributed by atoms with van der Waals surface area (Å²) in [4.78, 5) is 13.7. The summed E-state index contributed by atoms with van der Waals surface area (Å²) in [5.74, 6) is 0. The summed E-state index contributed by atoms with van der Waals surface area (Å²) in [5, 5.41) is 2.76. The molecule has 1 aromatic carbocycles. The first-order valence-corrected chi connectivity index (χ1v) is 8.44. The summed E-state index contributed by atoms with van der Waals surface area (Å²) in [5.41, 5.74) is -0.669. The van der Waals surface area contributed by atoms with Crippen LogP contribution in [-0.4, -0.2) is 30.8 Å². The molecular weight excluding hydrogens is 357 g/mol. The minimum atomic E-state index is -4.43. The van der Waals surface area contributed by atoms with Crippen LogP contribution >= 0.6 is 11.6 Å². The van der Waals surface area contributed by atoms with Crippen LogP contribution in [0.15, 0.2) is 18.2 Å². The summed E-state index contributed by atoms with van der Waals surface area (Å²) < 4.78 is 43.7. The Bertz CT molecular complexity index is 629. The molecule has 1 aliphatic heterocycles. The molecule has 4 nitrogen and oxygen atoms in total. The highest BCUT2D eigenvalue weighted by molar-refractivity contribution is 6.33. The van der Waals surface area contributed by atoms with Crippen LogP contribution in [0.3, 0.4) is 0 Å². The molecule has 1 aromatic rings. The van der Waals surface area contributed by atoms with Gasteiger partial charge in [0.1, 0.15) is 6.10 Å². The fourth-order valence-electron chi connectivity index (χ4n) is 2.68. The van der Waals surface area contributed by atoms with E-state index >= 15 is 0 Å². The van der Waals surface area contributed by atoms with Crippen molar-refractivity contribution in [3.63, 3.8) is 0 Å². The number of nitrogens with one attached hydrogen (secondary N) is 1. The Balaban J connectivity index is 2.05.